The molecule has 4 nitrogen and oxygen atoms in total. The van der Waals surface area contributed by atoms with Crippen LogP contribution in [0.3, 0.4) is 0 Å². The Bertz CT molecular complexity index is 457. The van der Waals surface area contributed by atoms with Gasteiger partial charge in [-0.1, -0.05) is 26.0 Å². The monoisotopic (exact) mass is 322 g/mol. The van der Waals surface area contributed by atoms with Crippen molar-refractivity contribution in [3.63, 3.8) is 0 Å². The van der Waals surface area contributed by atoms with Crippen molar-refractivity contribution >= 4 is 23.0 Å². The number of rotatable bonds is 6. The molecular weight excluding hydrogens is 294 g/mol. The first-order valence-corrected chi connectivity index (χ1v) is 8.66. The molecule has 0 aliphatic carbocycles. The van der Waals surface area contributed by atoms with E-state index in [0.29, 0.717) is 11.0 Å². The van der Waals surface area contributed by atoms with E-state index in [9.17, 15) is 0 Å². The van der Waals surface area contributed by atoms with Gasteiger partial charge in [-0.05, 0) is 42.3 Å². The van der Waals surface area contributed by atoms with E-state index in [1.807, 2.05) is 0 Å². The Kier molecular flexibility index (Phi) is 7.09. The minimum absolute atomic E-state index is 0.607. The van der Waals surface area contributed by atoms with Gasteiger partial charge in [0.05, 0.1) is 26.3 Å². The summed E-state index contributed by atoms with van der Waals surface area (Å²) in [7, 11) is 0. The van der Waals surface area contributed by atoms with Gasteiger partial charge in [0.2, 0.25) is 0 Å². The summed E-state index contributed by atoms with van der Waals surface area (Å²) in [6, 6.07) is 8.55. The van der Waals surface area contributed by atoms with Gasteiger partial charge in [-0.25, -0.2) is 0 Å². The third-order valence-corrected chi connectivity index (χ3v) is 4.56. The topological polar surface area (TPSA) is 37.7 Å². The molecule has 0 spiro atoms. The largest absolute Gasteiger partial charge is 0.370 e. The number of morpholine rings is 1. The fraction of sp³-hybridized carbons (Fsp3) is 0.588. The van der Waals surface area contributed by atoms with E-state index in [1.165, 1.54) is 5.56 Å². The van der Waals surface area contributed by atoms with Crippen LogP contribution in [0.5, 0.6) is 0 Å². The Morgan fingerprint density at radius 1 is 1.27 bits per heavy atom. The lowest BCUT2D eigenvalue weighted by Crippen LogP contribution is -3.14. The van der Waals surface area contributed by atoms with Gasteiger partial charge in [0.15, 0.2) is 5.11 Å². The molecule has 1 heterocycles. The molecule has 1 atom stereocenters. The molecular formula is C17H28N3OS+. The van der Waals surface area contributed by atoms with Crippen LogP contribution in [0.4, 0.5) is 5.69 Å². The van der Waals surface area contributed by atoms with E-state index < -0.39 is 0 Å². The highest BCUT2D eigenvalue weighted by atomic mass is 32.1. The predicted molar refractivity (Wildman–Crippen MR) is 95.8 cm³/mol. The summed E-state index contributed by atoms with van der Waals surface area (Å²) in [5.41, 5.74) is 2.42. The van der Waals surface area contributed by atoms with E-state index in [2.05, 4.69) is 48.7 Å². The number of anilines is 1. The Balaban J connectivity index is 1.70. The summed E-state index contributed by atoms with van der Waals surface area (Å²) in [5, 5.41) is 7.23. The molecule has 22 heavy (non-hydrogen) atoms. The van der Waals surface area contributed by atoms with Gasteiger partial charge < -0.3 is 20.3 Å². The number of hydrogen-bond donors (Lipinski definition) is 3. The Hall–Kier alpha value is -1.17. The summed E-state index contributed by atoms with van der Waals surface area (Å²) in [4.78, 5) is 1.58. The maximum absolute atomic E-state index is 5.36. The van der Waals surface area contributed by atoms with Crippen molar-refractivity contribution in [2.24, 2.45) is 0 Å². The molecule has 122 valence electrons. The molecule has 0 unspecified atom stereocenters. The molecule has 5 heteroatoms. The van der Waals surface area contributed by atoms with Crippen molar-refractivity contribution in [3.05, 3.63) is 29.8 Å². The summed E-state index contributed by atoms with van der Waals surface area (Å²) in [6.45, 7) is 10.4. The van der Waals surface area contributed by atoms with E-state index in [1.54, 1.807) is 4.90 Å². The first kappa shape index (κ1) is 17.2. The smallest absolute Gasteiger partial charge is 0.170 e. The summed E-state index contributed by atoms with van der Waals surface area (Å²) in [6.07, 6.45) is 1.16. The quantitative estimate of drug-likeness (QED) is 0.692. The first-order valence-electron chi connectivity index (χ1n) is 8.25. The highest BCUT2D eigenvalue weighted by Gasteiger charge is 2.12. The normalized spacial score (nSPS) is 17.0. The van der Waals surface area contributed by atoms with Crippen LogP contribution in [-0.2, 0) is 4.74 Å². The molecule has 1 saturated heterocycles. The SMILES string of the molecule is CC[C@H](C)c1ccc(NC(=S)NCC[NH+]2CCOCC2)cc1. The minimum Gasteiger partial charge on any atom is -0.370 e. The third kappa shape index (κ3) is 5.55. The zero-order chi connectivity index (χ0) is 15.8. The second-order valence-electron chi connectivity index (χ2n) is 5.92. The lowest BCUT2D eigenvalue weighted by molar-refractivity contribution is -0.906. The van der Waals surface area contributed by atoms with E-state index in [-0.39, 0.29) is 0 Å². The molecule has 1 aliphatic heterocycles. The number of ether oxygens (including phenoxy) is 1. The van der Waals surface area contributed by atoms with Gasteiger partial charge in [-0.2, -0.15) is 0 Å². The number of thiocarbonyl (C=S) groups is 1. The van der Waals surface area contributed by atoms with Crippen molar-refractivity contribution in [2.45, 2.75) is 26.2 Å². The second-order valence-corrected chi connectivity index (χ2v) is 6.33. The van der Waals surface area contributed by atoms with Gasteiger partial charge in [-0.3, -0.25) is 0 Å². The zero-order valence-corrected chi connectivity index (χ0v) is 14.5. The van der Waals surface area contributed by atoms with Crippen molar-refractivity contribution < 1.29 is 9.64 Å². The third-order valence-electron chi connectivity index (χ3n) is 4.31. The standard InChI is InChI=1S/C17H27N3OS/c1-3-14(2)15-4-6-16(7-5-15)19-17(22)18-8-9-20-10-12-21-13-11-20/h4-7,14H,3,8-13H2,1-2H3,(H2,18,19,22)/p+1/t14-/m0/s1. The maximum atomic E-state index is 5.36. The van der Waals surface area contributed by atoms with Crippen LogP contribution in [0.1, 0.15) is 31.7 Å². The van der Waals surface area contributed by atoms with Gasteiger partial charge in [0.25, 0.3) is 0 Å². The van der Waals surface area contributed by atoms with Crippen LogP contribution in [0.15, 0.2) is 24.3 Å². The van der Waals surface area contributed by atoms with Crippen LogP contribution in [0.25, 0.3) is 0 Å². The molecule has 2 rings (SSSR count). The van der Waals surface area contributed by atoms with Gasteiger partial charge in [0.1, 0.15) is 13.1 Å². The van der Waals surface area contributed by atoms with Crippen molar-refractivity contribution in [1.82, 2.24) is 5.32 Å². The number of benzene rings is 1. The fourth-order valence-electron chi connectivity index (χ4n) is 2.57. The highest BCUT2D eigenvalue weighted by molar-refractivity contribution is 7.80. The molecule has 0 saturated carbocycles. The van der Waals surface area contributed by atoms with Crippen LogP contribution in [-0.4, -0.2) is 44.5 Å². The number of quaternary nitrogens is 1. The average molecular weight is 322 g/mol. The molecule has 1 aromatic rings. The summed E-state index contributed by atoms with van der Waals surface area (Å²) < 4.78 is 5.36. The van der Waals surface area contributed by atoms with Crippen LogP contribution in [0, 0.1) is 0 Å². The van der Waals surface area contributed by atoms with Gasteiger partial charge >= 0.3 is 0 Å². The summed E-state index contributed by atoms with van der Waals surface area (Å²) in [5.74, 6) is 0.607. The first-order chi connectivity index (χ1) is 10.7. The molecule has 1 fully saturated rings. The van der Waals surface area contributed by atoms with Gasteiger partial charge in [0, 0.05) is 5.69 Å². The van der Waals surface area contributed by atoms with E-state index in [0.717, 1.165) is 51.5 Å². The fourth-order valence-corrected chi connectivity index (χ4v) is 2.79. The van der Waals surface area contributed by atoms with Crippen LogP contribution in [0.2, 0.25) is 0 Å². The van der Waals surface area contributed by atoms with E-state index in [4.69, 9.17) is 17.0 Å². The van der Waals surface area contributed by atoms with Gasteiger partial charge in [-0.15, -0.1) is 0 Å². The Labute approximate surface area is 139 Å². The van der Waals surface area contributed by atoms with Crippen LogP contribution >= 0.6 is 12.2 Å². The lowest BCUT2D eigenvalue weighted by Gasteiger charge is -2.24. The van der Waals surface area contributed by atoms with Crippen molar-refractivity contribution in [1.29, 1.82) is 0 Å². The van der Waals surface area contributed by atoms with Crippen molar-refractivity contribution in [3.8, 4) is 0 Å². The molecule has 0 bridgehead atoms. The highest BCUT2D eigenvalue weighted by Crippen LogP contribution is 2.20. The minimum atomic E-state index is 0.607. The number of hydrogen-bond acceptors (Lipinski definition) is 2. The Morgan fingerprint density at radius 3 is 2.59 bits per heavy atom. The predicted octanol–water partition coefficient (Wildman–Crippen LogP) is 1.40. The van der Waals surface area contributed by atoms with Crippen molar-refractivity contribution in [2.75, 3.05) is 44.7 Å². The second kappa shape index (κ2) is 9.08. The zero-order valence-electron chi connectivity index (χ0n) is 13.7. The molecule has 1 aliphatic rings. The number of nitrogens with one attached hydrogen (secondary N) is 3. The molecule has 0 radical (unpaired) electrons. The molecule has 3 N–H and O–H groups in total. The molecule has 1 aromatic carbocycles. The van der Waals surface area contributed by atoms with E-state index >= 15 is 0 Å². The lowest BCUT2D eigenvalue weighted by atomic mass is 9.99. The summed E-state index contributed by atoms with van der Waals surface area (Å²) >= 11 is 5.35. The Morgan fingerprint density at radius 2 is 1.95 bits per heavy atom. The molecule has 0 aromatic heterocycles. The maximum Gasteiger partial charge on any atom is 0.170 e. The van der Waals surface area contributed by atoms with Crippen LogP contribution < -0.4 is 15.5 Å². The average Bonchev–Trinajstić information content (AvgIpc) is 2.56. The molecule has 0 amide bonds.